The number of fused-ring (bicyclic) bond motifs is 5. The van der Waals surface area contributed by atoms with Gasteiger partial charge in [-0.15, -0.1) is 0 Å². The number of carbonyl (C=O) groups excluding carboxylic acids is 2. The van der Waals surface area contributed by atoms with Crippen LogP contribution in [0.15, 0.2) is 16.8 Å². The van der Waals surface area contributed by atoms with E-state index in [1.54, 1.807) is 0 Å². The zero-order chi connectivity index (χ0) is 22.6. The van der Waals surface area contributed by atoms with Gasteiger partial charge in [-0.1, -0.05) is 24.6 Å². The molecule has 4 aliphatic carbocycles. The van der Waals surface area contributed by atoms with Crippen LogP contribution in [0.4, 0.5) is 0 Å². The summed E-state index contributed by atoms with van der Waals surface area (Å²) in [6.45, 7) is 7.29. The van der Waals surface area contributed by atoms with Crippen LogP contribution < -0.4 is 0 Å². The number of ketones is 1. The zero-order valence-electron chi connectivity index (χ0n) is 20.4. The number of allylic oxidation sites excluding steroid dienone is 1. The van der Waals surface area contributed by atoms with Crippen molar-refractivity contribution in [3.05, 3.63) is 11.6 Å². The fraction of sp³-hybridized carbons (Fsp3) is 0.808. The molecule has 0 radical (unpaired) electrons. The van der Waals surface area contributed by atoms with Gasteiger partial charge in [0.25, 0.3) is 0 Å². The first-order valence-electron chi connectivity index (χ1n) is 12.2. The number of oxime groups is 1. The van der Waals surface area contributed by atoms with E-state index in [9.17, 15) is 9.59 Å². The Morgan fingerprint density at radius 3 is 2.55 bits per heavy atom. The second-order valence-electron chi connectivity index (χ2n) is 12.3. The Hall–Kier alpha value is -1.49. The smallest absolute Gasteiger partial charge is 0.322 e. The Balaban J connectivity index is 1.50. The molecule has 0 amide bonds. The second-order valence-corrected chi connectivity index (χ2v) is 12.3. The minimum atomic E-state index is -0.262. The summed E-state index contributed by atoms with van der Waals surface area (Å²) in [5, 5.41) is 4.33. The number of likely N-dealkylation sites (N-methyl/N-ethyl adjacent to an activating group) is 1. The molecule has 5 nitrogen and oxygen atoms in total. The maximum absolute atomic E-state index is 12.1. The van der Waals surface area contributed by atoms with E-state index < -0.39 is 0 Å². The molecule has 31 heavy (non-hydrogen) atoms. The van der Waals surface area contributed by atoms with Gasteiger partial charge in [0.05, 0.1) is 26.9 Å². The number of rotatable bonds is 4. The molecule has 0 heterocycles. The van der Waals surface area contributed by atoms with Gasteiger partial charge in [-0.3, -0.25) is 4.79 Å². The molecule has 0 N–H and O–H groups in total. The van der Waals surface area contributed by atoms with E-state index in [4.69, 9.17) is 4.84 Å². The summed E-state index contributed by atoms with van der Waals surface area (Å²) in [5.74, 6) is 2.62. The van der Waals surface area contributed by atoms with E-state index in [1.807, 2.05) is 27.2 Å². The lowest BCUT2D eigenvalue weighted by Gasteiger charge is -2.58. The van der Waals surface area contributed by atoms with Gasteiger partial charge in [-0.25, -0.2) is 4.79 Å². The number of carbonyl (C=O) groups is 2. The third-order valence-electron chi connectivity index (χ3n) is 9.36. The molecule has 4 rings (SSSR count). The number of hydrogen-bond donors (Lipinski definition) is 0. The topological polar surface area (TPSA) is 55.7 Å². The van der Waals surface area contributed by atoms with E-state index >= 15 is 0 Å². The Morgan fingerprint density at radius 2 is 1.84 bits per heavy atom. The first-order chi connectivity index (χ1) is 14.4. The van der Waals surface area contributed by atoms with Crippen LogP contribution in [-0.2, 0) is 14.4 Å². The van der Waals surface area contributed by atoms with Crippen LogP contribution in [-0.4, -0.2) is 49.6 Å². The first kappa shape index (κ1) is 22.7. The normalized spacial score (nSPS) is 40.5. The average Bonchev–Trinajstić information content (AvgIpc) is 3.02. The van der Waals surface area contributed by atoms with Crippen LogP contribution in [0.1, 0.15) is 72.1 Å². The fourth-order valence-electron chi connectivity index (χ4n) is 7.85. The minimum Gasteiger partial charge on any atom is -0.322 e. The van der Waals surface area contributed by atoms with Gasteiger partial charge in [0.2, 0.25) is 0 Å². The predicted molar refractivity (Wildman–Crippen MR) is 122 cm³/mol. The van der Waals surface area contributed by atoms with Crippen molar-refractivity contribution < 1.29 is 18.9 Å². The molecule has 3 saturated carbocycles. The molecule has 0 aliphatic heterocycles. The molecule has 1 unspecified atom stereocenters. The summed E-state index contributed by atoms with van der Waals surface area (Å²) >= 11 is 0. The van der Waals surface area contributed by atoms with Crippen molar-refractivity contribution in [2.24, 2.45) is 39.7 Å². The molecular weight excluding hydrogens is 388 g/mol. The van der Waals surface area contributed by atoms with E-state index in [0.29, 0.717) is 34.6 Å². The lowest BCUT2D eigenvalue weighted by atomic mass is 9.46. The Morgan fingerprint density at radius 1 is 1.10 bits per heavy atom. The highest BCUT2D eigenvalue weighted by molar-refractivity contribution is 5.91. The van der Waals surface area contributed by atoms with Gasteiger partial charge < -0.3 is 9.32 Å². The molecule has 0 spiro atoms. The molecule has 0 bridgehead atoms. The standard InChI is InChI=1S/C26H41N2O3/c1-17(27-31-24(30)16-28(4,5)6)21-9-10-22-20-8-7-18-15-19(29)11-13-25(18,2)23(20)12-14-26(21,22)3/h15,20-23H,7-14,16H2,1-6H3/q+1/b27-17+/t20?,21-,22+,23+,25+,26-/m1/s1. The van der Waals surface area contributed by atoms with E-state index in [1.165, 1.54) is 31.3 Å². The van der Waals surface area contributed by atoms with Crippen LogP contribution >= 0.6 is 0 Å². The van der Waals surface area contributed by atoms with Gasteiger partial charge in [0.15, 0.2) is 12.3 Å². The molecule has 5 heteroatoms. The highest BCUT2D eigenvalue weighted by Gasteiger charge is 2.59. The summed E-state index contributed by atoms with van der Waals surface area (Å²) in [5.41, 5.74) is 2.89. The van der Waals surface area contributed by atoms with Crippen molar-refractivity contribution in [3.63, 3.8) is 0 Å². The molecule has 172 valence electrons. The molecule has 0 saturated heterocycles. The van der Waals surface area contributed by atoms with Gasteiger partial charge in [0.1, 0.15) is 0 Å². The van der Waals surface area contributed by atoms with Gasteiger partial charge in [-0.05, 0) is 86.5 Å². The Bertz CT molecular complexity index is 823. The van der Waals surface area contributed by atoms with Crippen molar-refractivity contribution in [1.29, 1.82) is 0 Å². The molecular formula is C26H41N2O3+. The van der Waals surface area contributed by atoms with Crippen LogP contribution in [0.2, 0.25) is 0 Å². The summed E-state index contributed by atoms with van der Waals surface area (Å²) in [7, 11) is 5.94. The summed E-state index contributed by atoms with van der Waals surface area (Å²) in [6, 6.07) is 0. The van der Waals surface area contributed by atoms with Crippen LogP contribution in [0, 0.1) is 34.5 Å². The third kappa shape index (κ3) is 4.03. The highest BCUT2D eigenvalue weighted by atomic mass is 16.7. The molecule has 0 aromatic rings. The SMILES string of the molecule is C/C(=N\OC(=O)C[N+](C)(C)C)[C@H]1CC[C@H]2C3CCC4=CC(=O)CC[C@]4(C)[C@H]3CC[C@]12C. The Kier molecular flexibility index (Phi) is 5.73. The quantitative estimate of drug-likeness (QED) is 0.280. The lowest BCUT2D eigenvalue weighted by Crippen LogP contribution is -2.51. The largest absolute Gasteiger partial charge is 0.388 e. The van der Waals surface area contributed by atoms with Crippen molar-refractivity contribution >= 4 is 17.5 Å². The predicted octanol–water partition coefficient (Wildman–Crippen LogP) is 4.76. The Labute approximate surface area is 187 Å². The maximum atomic E-state index is 12.1. The van der Waals surface area contributed by atoms with Crippen molar-refractivity contribution in [3.8, 4) is 0 Å². The summed E-state index contributed by atoms with van der Waals surface area (Å²) < 4.78 is 0.542. The summed E-state index contributed by atoms with van der Waals surface area (Å²) in [4.78, 5) is 29.5. The van der Waals surface area contributed by atoms with Crippen molar-refractivity contribution in [1.82, 2.24) is 0 Å². The van der Waals surface area contributed by atoms with Crippen LogP contribution in [0.25, 0.3) is 0 Å². The fourth-order valence-corrected chi connectivity index (χ4v) is 7.85. The highest BCUT2D eigenvalue weighted by Crippen LogP contribution is 2.66. The minimum absolute atomic E-state index is 0.222. The van der Waals surface area contributed by atoms with Crippen LogP contribution in [0.3, 0.4) is 0 Å². The lowest BCUT2D eigenvalue weighted by molar-refractivity contribution is -0.862. The molecule has 6 atom stereocenters. The van der Waals surface area contributed by atoms with Crippen LogP contribution in [0.5, 0.6) is 0 Å². The molecule has 0 aromatic carbocycles. The monoisotopic (exact) mass is 429 g/mol. The van der Waals surface area contributed by atoms with Crippen molar-refractivity contribution in [2.45, 2.75) is 72.1 Å². The number of nitrogens with zero attached hydrogens (tertiary/aromatic N) is 2. The molecule has 3 fully saturated rings. The average molecular weight is 430 g/mol. The maximum Gasteiger partial charge on any atom is 0.388 e. The van der Waals surface area contributed by atoms with E-state index in [2.05, 4.69) is 25.9 Å². The van der Waals surface area contributed by atoms with Gasteiger partial charge in [-0.2, -0.15) is 0 Å². The summed E-state index contributed by atoms with van der Waals surface area (Å²) in [6.07, 6.45) is 10.9. The third-order valence-corrected chi connectivity index (χ3v) is 9.36. The van der Waals surface area contributed by atoms with Gasteiger partial charge in [0, 0.05) is 12.3 Å². The second kappa shape index (κ2) is 7.83. The van der Waals surface area contributed by atoms with E-state index in [0.717, 1.165) is 37.3 Å². The zero-order valence-corrected chi connectivity index (χ0v) is 20.4. The van der Waals surface area contributed by atoms with E-state index in [-0.39, 0.29) is 16.8 Å². The van der Waals surface area contributed by atoms with Crippen molar-refractivity contribution in [2.75, 3.05) is 27.7 Å². The molecule has 0 aromatic heterocycles. The van der Waals surface area contributed by atoms with Gasteiger partial charge >= 0.3 is 5.97 Å². The number of hydrogen-bond acceptors (Lipinski definition) is 4. The first-order valence-corrected chi connectivity index (χ1v) is 12.2. The molecule has 4 aliphatic rings. The number of quaternary nitrogens is 1.